The Morgan fingerprint density at radius 2 is 1.88 bits per heavy atom. The highest BCUT2D eigenvalue weighted by atomic mass is 16.5. The zero-order valence-electron chi connectivity index (χ0n) is 18.9. The van der Waals surface area contributed by atoms with Gasteiger partial charge in [0.2, 0.25) is 0 Å². The number of rotatable bonds is 12. The average molecular weight is 452 g/mol. The molecule has 0 aliphatic carbocycles. The minimum absolute atomic E-state index is 0.0243. The van der Waals surface area contributed by atoms with E-state index in [4.69, 9.17) is 14.2 Å². The number of hydrogen-bond acceptors (Lipinski definition) is 7. The van der Waals surface area contributed by atoms with Gasteiger partial charge in [-0.05, 0) is 29.0 Å². The number of amides is 1. The SMILES string of the molecule is C=C(C)NC(=O)OCc1ccccc1OCCn1nnnc1[C@H](C)COCc1ccccc1. The first-order valence-electron chi connectivity index (χ1n) is 10.7. The molecule has 0 fully saturated rings. The van der Waals surface area contributed by atoms with E-state index >= 15 is 0 Å². The molecule has 3 rings (SSSR count). The first-order valence-corrected chi connectivity index (χ1v) is 10.7. The monoisotopic (exact) mass is 451 g/mol. The summed E-state index contributed by atoms with van der Waals surface area (Å²) in [5.74, 6) is 1.39. The van der Waals surface area contributed by atoms with Crippen LogP contribution in [0.15, 0.2) is 66.9 Å². The summed E-state index contributed by atoms with van der Waals surface area (Å²) in [5, 5.41) is 14.5. The van der Waals surface area contributed by atoms with Crippen LogP contribution < -0.4 is 10.1 Å². The third-order valence-corrected chi connectivity index (χ3v) is 4.69. The number of nitrogens with zero attached hydrogens (tertiary/aromatic N) is 4. The summed E-state index contributed by atoms with van der Waals surface area (Å²) in [5.41, 5.74) is 2.40. The lowest BCUT2D eigenvalue weighted by atomic mass is 10.2. The van der Waals surface area contributed by atoms with Gasteiger partial charge in [0.05, 0.1) is 19.8 Å². The molecule has 0 saturated carbocycles. The van der Waals surface area contributed by atoms with Gasteiger partial charge in [-0.3, -0.25) is 5.32 Å². The third-order valence-electron chi connectivity index (χ3n) is 4.69. The van der Waals surface area contributed by atoms with Crippen LogP contribution in [-0.4, -0.2) is 39.5 Å². The van der Waals surface area contributed by atoms with Crippen LogP contribution in [0.1, 0.15) is 36.7 Å². The number of benzene rings is 2. The second kappa shape index (κ2) is 12.4. The van der Waals surface area contributed by atoms with E-state index in [1.807, 2.05) is 61.5 Å². The van der Waals surface area contributed by atoms with Gasteiger partial charge in [0.15, 0.2) is 5.82 Å². The highest BCUT2D eigenvalue weighted by Gasteiger charge is 2.15. The van der Waals surface area contributed by atoms with Crippen molar-refractivity contribution >= 4 is 6.09 Å². The number of allylic oxidation sites excluding steroid dienone is 1. The van der Waals surface area contributed by atoms with Crippen molar-refractivity contribution < 1.29 is 19.0 Å². The van der Waals surface area contributed by atoms with Crippen molar-refractivity contribution in [3.8, 4) is 5.75 Å². The molecule has 0 saturated heterocycles. The van der Waals surface area contributed by atoms with Crippen LogP contribution in [0.5, 0.6) is 5.75 Å². The molecule has 9 heteroatoms. The molecule has 1 amide bonds. The van der Waals surface area contributed by atoms with E-state index in [0.717, 1.165) is 17.0 Å². The number of ether oxygens (including phenoxy) is 3. The Hall–Kier alpha value is -3.72. The van der Waals surface area contributed by atoms with Crippen LogP contribution in [0.2, 0.25) is 0 Å². The molecule has 2 aromatic carbocycles. The number of hydrogen-bond donors (Lipinski definition) is 1. The largest absolute Gasteiger partial charge is 0.491 e. The molecule has 0 unspecified atom stereocenters. The highest BCUT2D eigenvalue weighted by molar-refractivity contribution is 5.69. The van der Waals surface area contributed by atoms with Crippen LogP contribution in [0.25, 0.3) is 0 Å². The minimum atomic E-state index is -0.556. The average Bonchev–Trinajstić information content (AvgIpc) is 3.27. The van der Waals surface area contributed by atoms with Crippen molar-refractivity contribution in [1.29, 1.82) is 0 Å². The van der Waals surface area contributed by atoms with Gasteiger partial charge in [0.1, 0.15) is 19.0 Å². The molecule has 0 bridgehead atoms. The Balaban J connectivity index is 1.48. The van der Waals surface area contributed by atoms with Crippen molar-refractivity contribution in [1.82, 2.24) is 25.5 Å². The number of alkyl carbamates (subject to hydrolysis) is 1. The number of tetrazole rings is 1. The molecule has 1 atom stereocenters. The zero-order chi connectivity index (χ0) is 23.5. The maximum Gasteiger partial charge on any atom is 0.411 e. The Labute approximate surface area is 193 Å². The summed E-state index contributed by atoms with van der Waals surface area (Å²) in [7, 11) is 0. The number of carbonyl (C=O) groups excluding carboxylic acids is 1. The van der Waals surface area contributed by atoms with Crippen molar-refractivity contribution in [2.75, 3.05) is 13.2 Å². The summed E-state index contributed by atoms with van der Waals surface area (Å²) < 4.78 is 18.7. The van der Waals surface area contributed by atoms with E-state index in [0.29, 0.717) is 37.8 Å². The van der Waals surface area contributed by atoms with Gasteiger partial charge < -0.3 is 14.2 Å². The standard InChI is InChI=1S/C24H29N5O4/c1-18(2)25-24(30)33-17-21-11-7-8-12-22(21)32-14-13-29-23(26-27-28-29)19(3)15-31-16-20-9-5-4-6-10-20/h4-12,19H,1,13-17H2,2-3H3,(H,25,30)/t19-/m1/s1. The lowest BCUT2D eigenvalue weighted by Gasteiger charge is -2.14. The van der Waals surface area contributed by atoms with Gasteiger partial charge in [-0.15, -0.1) is 5.10 Å². The Kier molecular flexibility index (Phi) is 8.96. The van der Waals surface area contributed by atoms with E-state index in [-0.39, 0.29) is 12.5 Å². The molecular weight excluding hydrogens is 422 g/mol. The molecule has 9 nitrogen and oxygen atoms in total. The molecule has 1 aromatic heterocycles. The van der Waals surface area contributed by atoms with Crippen molar-refractivity contribution in [2.45, 2.75) is 39.5 Å². The van der Waals surface area contributed by atoms with Crippen LogP contribution >= 0.6 is 0 Å². The Morgan fingerprint density at radius 3 is 2.67 bits per heavy atom. The number of nitrogens with one attached hydrogen (secondary N) is 1. The topological polar surface area (TPSA) is 100 Å². The van der Waals surface area contributed by atoms with Gasteiger partial charge in [0, 0.05) is 17.2 Å². The van der Waals surface area contributed by atoms with Crippen molar-refractivity contribution in [3.63, 3.8) is 0 Å². The van der Waals surface area contributed by atoms with Crippen molar-refractivity contribution in [3.05, 3.63) is 83.8 Å². The molecule has 0 aliphatic heterocycles. The number of carbonyl (C=O) groups is 1. The fraction of sp³-hybridized carbons (Fsp3) is 0.333. The predicted octanol–water partition coefficient (Wildman–Crippen LogP) is 3.83. The van der Waals surface area contributed by atoms with Gasteiger partial charge in [-0.2, -0.15) is 0 Å². The highest BCUT2D eigenvalue weighted by Crippen LogP contribution is 2.19. The summed E-state index contributed by atoms with van der Waals surface area (Å²) in [4.78, 5) is 11.7. The second-order valence-electron chi connectivity index (χ2n) is 7.60. The molecular formula is C24H29N5O4. The van der Waals surface area contributed by atoms with Gasteiger partial charge in [-0.25, -0.2) is 9.48 Å². The maximum atomic E-state index is 11.7. The van der Waals surface area contributed by atoms with Crippen LogP contribution in [-0.2, 0) is 29.2 Å². The number of aromatic nitrogens is 4. The molecule has 3 aromatic rings. The van der Waals surface area contributed by atoms with Crippen molar-refractivity contribution in [2.24, 2.45) is 0 Å². The van der Waals surface area contributed by atoms with Crippen LogP contribution in [0, 0.1) is 0 Å². The molecule has 33 heavy (non-hydrogen) atoms. The quantitative estimate of drug-likeness (QED) is 0.447. The zero-order valence-corrected chi connectivity index (χ0v) is 18.9. The fourth-order valence-electron chi connectivity index (χ4n) is 3.09. The Morgan fingerprint density at radius 1 is 1.12 bits per heavy atom. The van der Waals surface area contributed by atoms with E-state index in [9.17, 15) is 4.79 Å². The molecule has 0 spiro atoms. The number of para-hydroxylation sites is 1. The van der Waals surface area contributed by atoms with Gasteiger partial charge in [-0.1, -0.05) is 62.0 Å². The summed E-state index contributed by atoms with van der Waals surface area (Å²) in [6.45, 7) is 9.27. The maximum absolute atomic E-state index is 11.7. The van der Waals surface area contributed by atoms with Gasteiger partial charge in [0.25, 0.3) is 0 Å². The normalized spacial score (nSPS) is 11.6. The van der Waals surface area contributed by atoms with Crippen LogP contribution in [0.4, 0.5) is 4.79 Å². The summed E-state index contributed by atoms with van der Waals surface area (Å²) >= 11 is 0. The van der Waals surface area contributed by atoms with E-state index < -0.39 is 6.09 Å². The third kappa shape index (κ3) is 7.73. The van der Waals surface area contributed by atoms with Gasteiger partial charge >= 0.3 is 6.09 Å². The predicted molar refractivity (Wildman–Crippen MR) is 122 cm³/mol. The second-order valence-corrected chi connectivity index (χ2v) is 7.60. The van der Waals surface area contributed by atoms with E-state index in [1.54, 1.807) is 11.6 Å². The molecule has 1 heterocycles. The molecule has 0 aliphatic rings. The lowest BCUT2D eigenvalue weighted by Crippen LogP contribution is -2.21. The molecule has 0 radical (unpaired) electrons. The fourth-order valence-corrected chi connectivity index (χ4v) is 3.09. The summed E-state index contributed by atoms with van der Waals surface area (Å²) in [6.07, 6.45) is -0.556. The molecule has 1 N–H and O–H groups in total. The Bertz CT molecular complexity index is 1040. The first kappa shape index (κ1) is 23.9. The first-order chi connectivity index (χ1) is 16.0. The summed E-state index contributed by atoms with van der Waals surface area (Å²) in [6, 6.07) is 17.4. The molecule has 174 valence electrons. The lowest BCUT2D eigenvalue weighted by molar-refractivity contribution is 0.107. The van der Waals surface area contributed by atoms with E-state index in [1.165, 1.54) is 0 Å². The van der Waals surface area contributed by atoms with Crippen LogP contribution in [0.3, 0.4) is 0 Å². The smallest absolute Gasteiger partial charge is 0.411 e. The van der Waals surface area contributed by atoms with E-state index in [2.05, 4.69) is 27.4 Å². The minimum Gasteiger partial charge on any atom is -0.491 e.